The molecular weight excluding hydrogens is 339 g/mol. The standard InChI is InChI=1S/C15H21IO2/c1-17-14-7-5-13(6-8-14)15(11-16)18-10-9-12-3-2-4-12/h5-8,12,15H,2-4,9-11H2,1H3. The van der Waals surface area contributed by atoms with E-state index < -0.39 is 0 Å². The summed E-state index contributed by atoms with van der Waals surface area (Å²) in [6.45, 7) is 0.893. The average Bonchev–Trinajstić information content (AvgIpc) is 2.37. The van der Waals surface area contributed by atoms with Gasteiger partial charge in [-0.2, -0.15) is 0 Å². The van der Waals surface area contributed by atoms with Crippen LogP contribution in [-0.4, -0.2) is 18.1 Å². The van der Waals surface area contributed by atoms with E-state index in [0.717, 1.165) is 22.7 Å². The highest BCUT2D eigenvalue weighted by Gasteiger charge is 2.18. The minimum Gasteiger partial charge on any atom is -0.497 e. The van der Waals surface area contributed by atoms with Crippen LogP contribution >= 0.6 is 22.6 Å². The molecule has 1 unspecified atom stereocenters. The molecule has 1 aromatic rings. The molecule has 3 heteroatoms. The van der Waals surface area contributed by atoms with E-state index in [2.05, 4.69) is 34.7 Å². The second-order valence-corrected chi connectivity index (χ2v) is 5.75. The molecule has 1 saturated carbocycles. The van der Waals surface area contributed by atoms with Gasteiger partial charge in [0.1, 0.15) is 5.75 Å². The molecular formula is C15H21IO2. The fourth-order valence-corrected chi connectivity index (χ4v) is 2.97. The Morgan fingerprint density at radius 1 is 1.28 bits per heavy atom. The summed E-state index contributed by atoms with van der Waals surface area (Å²) in [4.78, 5) is 0. The first-order valence-electron chi connectivity index (χ1n) is 6.65. The first-order chi connectivity index (χ1) is 8.83. The second kappa shape index (κ2) is 7.34. The number of ether oxygens (including phenoxy) is 2. The summed E-state index contributed by atoms with van der Waals surface area (Å²) in [5, 5.41) is 0. The zero-order valence-electron chi connectivity index (χ0n) is 10.9. The third-order valence-electron chi connectivity index (χ3n) is 3.70. The van der Waals surface area contributed by atoms with E-state index in [0.29, 0.717) is 0 Å². The molecule has 1 aromatic carbocycles. The molecule has 0 heterocycles. The Bertz CT molecular complexity index is 346. The minimum absolute atomic E-state index is 0.219. The van der Waals surface area contributed by atoms with E-state index >= 15 is 0 Å². The highest BCUT2D eigenvalue weighted by atomic mass is 127. The third-order valence-corrected chi connectivity index (χ3v) is 4.50. The van der Waals surface area contributed by atoms with Crippen molar-refractivity contribution in [3.63, 3.8) is 0 Å². The highest BCUT2D eigenvalue weighted by Crippen LogP contribution is 2.30. The molecule has 1 aliphatic rings. The van der Waals surface area contributed by atoms with E-state index in [4.69, 9.17) is 9.47 Å². The van der Waals surface area contributed by atoms with E-state index in [-0.39, 0.29) is 6.10 Å². The Labute approximate surface area is 123 Å². The molecule has 0 amide bonds. The molecule has 0 spiro atoms. The Morgan fingerprint density at radius 3 is 2.50 bits per heavy atom. The van der Waals surface area contributed by atoms with Gasteiger partial charge >= 0.3 is 0 Å². The van der Waals surface area contributed by atoms with Crippen LogP contribution in [0.3, 0.4) is 0 Å². The second-order valence-electron chi connectivity index (χ2n) is 4.87. The molecule has 0 aliphatic heterocycles. The maximum absolute atomic E-state index is 6.01. The molecule has 0 aromatic heterocycles. The summed E-state index contributed by atoms with van der Waals surface area (Å²) in [7, 11) is 1.69. The van der Waals surface area contributed by atoms with Crippen molar-refractivity contribution in [2.45, 2.75) is 31.8 Å². The number of benzene rings is 1. The zero-order chi connectivity index (χ0) is 12.8. The van der Waals surface area contributed by atoms with Crippen LogP contribution in [0.2, 0.25) is 0 Å². The van der Waals surface area contributed by atoms with Gasteiger partial charge in [-0.3, -0.25) is 0 Å². The maximum atomic E-state index is 6.01. The summed E-state index contributed by atoms with van der Waals surface area (Å²) >= 11 is 2.40. The van der Waals surface area contributed by atoms with Crippen LogP contribution in [0.15, 0.2) is 24.3 Å². The third kappa shape index (κ3) is 3.85. The van der Waals surface area contributed by atoms with Gasteiger partial charge in [0.2, 0.25) is 0 Å². The topological polar surface area (TPSA) is 18.5 Å². The molecule has 0 bridgehead atoms. The van der Waals surface area contributed by atoms with Gasteiger partial charge in [-0.1, -0.05) is 54.0 Å². The minimum atomic E-state index is 0.219. The quantitative estimate of drug-likeness (QED) is 0.531. The molecule has 100 valence electrons. The summed E-state index contributed by atoms with van der Waals surface area (Å²) in [6, 6.07) is 8.21. The molecule has 2 nitrogen and oxygen atoms in total. The number of hydrogen-bond acceptors (Lipinski definition) is 2. The number of methoxy groups -OCH3 is 1. The van der Waals surface area contributed by atoms with Crippen molar-refractivity contribution in [3.05, 3.63) is 29.8 Å². The van der Waals surface area contributed by atoms with Crippen molar-refractivity contribution in [1.82, 2.24) is 0 Å². The Morgan fingerprint density at radius 2 is 2.00 bits per heavy atom. The van der Waals surface area contributed by atoms with Crippen molar-refractivity contribution in [3.8, 4) is 5.75 Å². The lowest BCUT2D eigenvalue weighted by atomic mass is 9.83. The van der Waals surface area contributed by atoms with Crippen LogP contribution in [0.1, 0.15) is 37.4 Å². The molecule has 1 atom stereocenters. The number of halogens is 1. The predicted molar refractivity (Wildman–Crippen MR) is 82.5 cm³/mol. The Hall–Kier alpha value is -0.290. The largest absolute Gasteiger partial charge is 0.497 e. The van der Waals surface area contributed by atoms with Crippen LogP contribution in [0.25, 0.3) is 0 Å². The average molecular weight is 360 g/mol. The fourth-order valence-electron chi connectivity index (χ4n) is 2.21. The van der Waals surface area contributed by atoms with Crippen LogP contribution in [0.5, 0.6) is 5.75 Å². The van der Waals surface area contributed by atoms with Crippen molar-refractivity contribution in [1.29, 1.82) is 0 Å². The molecule has 2 rings (SSSR count). The van der Waals surface area contributed by atoms with E-state index in [1.807, 2.05) is 12.1 Å². The smallest absolute Gasteiger partial charge is 0.118 e. The van der Waals surface area contributed by atoms with Gasteiger partial charge in [0.05, 0.1) is 13.2 Å². The highest BCUT2D eigenvalue weighted by molar-refractivity contribution is 14.1. The number of rotatable bonds is 7. The summed E-state index contributed by atoms with van der Waals surface area (Å²) in [6.07, 6.45) is 5.67. The SMILES string of the molecule is COc1ccc(C(CI)OCCC2CCC2)cc1. The van der Waals surface area contributed by atoms with Crippen LogP contribution < -0.4 is 4.74 Å². The Balaban J connectivity index is 1.81. The summed E-state index contributed by atoms with van der Waals surface area (Å²) < 4.78 is 12.2. The molecule has 1 fully saturated rings. The zero-order valence-corrected chi connectivity index (χ0v) is 13.1. The molecule has 18 heavy (non-hydrogen) atoms. The van der Waals surface area contributed by atoms with Crippen molar-refractivity contribution < 1.29 is 9.47 Å². The number of hydrogen-bond donors (Lipinski definition) is 0. The summed E-state index contributed by atoms with van der Waals surface area (Å²) in [5.74, 6) is 1.83. The van der Waals surface area contributed by atoms with Crippen molar-refractivity contribution in [2.75, 3.05) is 18.1 Å². The maximum Gasteiger partial charge on any atom is 0.118 e. The van der Waals surface area contributed by atoms with Gasteiger partial charge in [-0.05, 0) is 30.0 Å². The van der Waals surface area contributed by atoms with Crippen LogP contribution in [-0.2, 0) is 4.74 Å². The van der Waals surface area contributed by atoms with Gasteiger partial charge in [-0.25, -0.2) is 0 Å². The van der Waals surface area contributed by atoms with Gasteiger partial charge in [0, 0.05) is 11.0 Å². The van der Waals surface area contributed by atoms with Crippen LogP contribution in [0.4, 0.5) is 0 Å². The van der Waals surface area contributed by atoms with Gasteiger partial charge in [-0.15, -0.1) is 0 Å². The van der Waals surface area contributed by atoms with Gasteiger partial charge in [0.25, 0.3) is 0 Å². The van der Waals surface area contributed by atoms with E-state index in [1.165, 1.54) is 31.2 Å². The van der Waals surface area contributed by atoms with Crippen molar-refractivity contribution >= 4 is 22.6 Å². The Kier molecular flexibility index (Phi) is 5.76. The lowest BCUT2D eigenvalue weighted by molar-refractivity contribution is 0.0530. The van der Waals surface area contributed by atoms with Crippen molar-refractivity contribution in [2.24, 2.45) is 5.92 Å². The van der Waals surface area contributed by atoms with E-state index in [9.17, 15) is 0 Å². The molecule has 0 N–H and O–H groups in total. The fraction of sp³-hybridized carbons (Fsp3) is 0.600. The molecule has 1 aliphatic carbocycles. The summed E-state index contributed by atoms with van der Waals surface area (Å²) in [5.41, 5.74) is 1.25. The lowest BCUT2D eigenvalue weighted by Crippen LogP contribution is -2.15. The van der Waals surface area contributed by atoms with Crippen LogP contribution in [0, 0.1) is 5.92 Å². The lowest BCUT2D eigenvalue weighted by Gasteiger charge is -2.26. The monoisotopic (exact) mass is 360 g/mol. The van der Waals surface area contributed by atoms with Gasteiger partial charge in [0.15, 0.2) is 0 Å². The number of alkyl halides is 1. The first-order valence-corrected chi connectivity index (χ1v) is 8.17. The molecule has 0 radical (unpaired) electrons. The van der Waals surface area contributed by atoms with E-state index in [1.54, 1.807) is 7.11 Å². The predicted octanol–water partition coefficient (Wildman–Crippen LogP) is 4.38. The normalized spacial score (nSPS) is 17.2. The molecule has 0 saturated heterocycles. The van der Waals surface area contributed by atoms with Gasteiger partial charge < -0.3 is 9.47 Å². The first kappa shape index (κ1) is 14.1.